The maximum Gasteiger partial charge on any atom is 0.132 e. The maximum atomic E-state index is 5.72. The highest BCUT2D eigenvalue weighted by Gasteiger charge is 2.15. The molecule has 0 bridgehead atoms. The van der Waals surface area contributed by atoms with Gasteiger partial charge in [0.25, 0.3) is 0 Å². The molecule has 20 heavy (non-hydrogen) atoms. The van der Waals surface area contributed by atoms with Crippen LogP contribution in [0.25, 0.3) is 11.3 Å². The normalized spacial score (nSPS) is 10.3. The van der Waals surface area contributed by atoms with Crippen molar-refractivity contribution in [1.29, 1.82) is 0 Å². The largest absolute Gasteiger partial charge is 0.493 e. The summed E-state index contributed by atoms with van der Waals surface area (Å²) in [6, 6.07) is 8.02. The van der Waals surface area contributed by atoms with E-state index >= 15 is 0 Å². The van der Waals surface area contributed by atoms with Crippen LogP contribution >= 0.6 is 0 Å². The summed E-state index contributed by atoms with van der Waals surface area (Å²) in [5, 5.41) is 3.15. The van der Waals surface area contributed by atoms with Gasteiger partial charge in [0.15, 0.2) is 0 Å². The van der Waals surface area contributed by atoms with Gasteiger partial charge in [0.2, 0.25) is 0 Å². The fourth-order valence-corrected chi connectivity index (χ4v) is 2.29. The fourth-order valence-electron chi connectivity index (χ4n) is 2.29. The highest BCUT2D eigenvalue weighted by molar-refractivity contribution is 5.73. The van der Waals surface area contributed by atoms with E-state index in [1.807, 2.05) is 38.2 Å². The number of hydrogen-bond donors (Lipinski definition) is 1. The molecule has 1 N–H and O–H groups in total. The number of nitrogens with zero attached hydrogens (tertiary/aromatic N) is 2. The van der Waals surface area contributed by atoms with Crippen molar-refractivity contribution in [3.05, 3.63) is 36.2 Å². The molecule has 0 aliphatic heterocycles. The van der Waals surface area contributed by atoms with Gasteiger partial charge in [-0.05, 0) is 25.5 Å². The first kappa shape index (κ1) is 14.3. The standard InChI is InChI=1S/C16H21N3O/c1-4-8-13-15(18-11-19-16(13)17-3)12-9-6-7-10-14(12)20-5-2/h6-7,9-11H,4-5,8H2,1-3H3,(H,17,18,19). The van der Waals surface area contributed by atoms with Gasteiger partial charge >= 0.3 is 0 Å². The number of aromatic nitrogens is 2. The van der Waals surface area contributed by atoms with Crippen molar-refractivity contribution >= 4 is 5.82 Å². The molecule has 0 saturated carbocycles. The Morgan fingerprint density at radius 2 is 1.95 bits per heavy atom. The predicted molar refractivity (Wildman–Crippen MR) is 82.2 cm³/mol. The third-order valence-corrected chi connectivity index (χ3v) is 3.12. The second kappa shape index (κ2) is 6.89. The lowest BCUT2D eigenvalue weighted by molar-refractivity contribution is 0.341. The van der Waals surface area contributed by atoms with Crippen LogP contribution in [-0.2, 0) is 6.42 Å². The molecule has 106 valence electrons. The molecule has 0 atom stereocenters. The van der Waals surface area contributed by atoms with Gasteiger partial charge in [-0.2, -0.15) is 0 Å². The molecule has 0 radical (unpaired) electrons. The van der Waals surface area contributed by atoms with Crippen molar-refractivity contribution in [1.82, 2.24) is 9.97 Å². The van der Waals surface area contributed by atoms with Gasteiger partial charge in [0.05, 0.1) is 12.3 Å². The molecule has 0 aliphatic rings. The van der Waals surface area contributed by atoms with Gasteiger partial charge in [0, 0.05) is 18.2 Å². The molecule has 4 nitrogen and oxygen atoms in total. The van der Waals surface area contributed by atoms with Crippen LogP contribution in [0.2, 0.25) is 0 Å². The van der Waals surface area contributed by atoms with Crippen LogP contribution in [-0.4, -0.2) is 23.6 Å². The molecular formula is C16H21N3O. The van der Waals surface area contributed by atoms with E-state index in [1.54, 1.807) is 6.33 Å². The van der Waals surface area contributed by atoms with Gasteiger partial charge in [-0.1, -0.05) is 25.5 Å². The summed E-state index contributed by atoms with van der Waals surface area (Å²) < 4.78 is 5.72. The van der Waals surface area contributed by atoms with Crippen molar-refractivity contribution in [3.63, 3.8) is 0 Å². The quantitative estimate of drug-likeness (QED) is 0.873. The molecule has 0 aliphatic carbocycles. The summed E-state index contributed by atoms with van der Waals surface area (Å²) in [6.07, 6.45) is 3.59. The molecule has 2 aromatic rings. The summed E-state index contributed by atoms with van der Waals surface area (Å²) in [6.45, 7) is 4.79. The lowest BCUT2D eigenvalue weighted by atomic mass is 10.0. The van der Waals surface area contributed by atoms with Crippen molar-refractivity contribution < 1.29 is 4.74 Å². The molecule has 4 heteroatoms. The van der Waals surface area contributed by atoms with E-state index in [2.05, 4.69) is 22.2 Å². The second-order valence-electron chi connectivity index (χ2n) is 4.48. The fraction of sp³-hybridized carbons (Fsp3) is 0.375. The zero-order valence-electron chi connectivity index (χ0n) is 12.3. The van der Waals surface area contributed by atoms with E-state index in [0.717, 1.165) is 41.2 Å². The average Bonchev–Trinajstić information content (AvgIpc) is 2.49. The summed E-state index contributed by atoms with van der Waals surface area (Å²) in [5.74, 6) is 1.76. The van der Waals surface area contributed by atoms with Gasteiger partial charge in [-0.15, -0.1) is 0 Å². The van der Waals surface area contributed by atoms with E-state index in [4.69, 9.17) is 4.74 Å². The predicted octanol–water partition coefficient (Wildman–Crippen LogP) is 3.54. The highest BCUT2D eigenvalue weighted by Crippen LogP contribution is 2.33. The van der Waals surface area contributed by atoms with E-state index in [-0.39, 0.29) is 0 Å². The van der Waals surface area contributed by atoms with Gasteiger partial charge in [0.1, 0.15) is 17.9 Å². The number of rotatable bonds is 6. The van der Waals surface area contributed by atoms with Crippen molar-refractivity contribution in [2.24, 2.45) is 0 Å². The van der Waals surface area contributed by atoms with Crippen LogP contribution < -0.4 is 10.1 Å². The summed E-state index contributed by atoms with van der Waals surface area (Å²) in [4.78, 5) is 8.80. The Hall–Kier alpha value is -2.10. The third-order valence-electron chi connectivity index (χ3n) is 3.12. The van der Waals surface area contributed by atoms with Crippen LogP contribution in [0.1, 0.15) is 25.8 Å². The van der Waals surface area contributed by atoms with Crippen molar-refractivity contribution in [3.8, 4) is 17.0 Å². The molecule has 0 spiro atoms. The zero-order valence-corrected chi connectivity index (χ0v) is 12.3. The zero-order chi connectivity index (χ0) is 14.4. The second-order valence-corrected chi connectivity index (χ2v) is 4.48. The molecule has 0 saturated heterocycles. The molecule has 1 heterocycles. The molecule has 1 aromatic carbocycles. The van der Waals surface area contributed by atoms with E-state index in [1.165, 1.54) is 0 Å². The Labute approximate surface area is 120 Å². The first-order valence-electron chi connectivity index (χ1n) is 7.05. The van der Waals surface area contributed by atoms with E-state index in [0.29, 0.717) is 6.61 Å². The Morgan fingerprint density at radius 1 is 1.15 bits per heavy atom. The summed E-state index contributed by atoms with van der Waals surface area (Å²) in [7, 11) is 1.89. The van der Waals surface area contributed by atoms with Gasteiger partial charge in [-0.3, -0.25) is 0 Å². The lowest BCUT2D eigenvalue weighted by Gasteiger charge is -2.15. The minimum absolute atomic E-state index is 0.643. The Kier molecular flexibility index (Phi) is 4.93. The molecular weight excluding hydrogens is 250 g/mol. The molecule has 2 rings (SSSR count). The minimum Gasteiger partial charge on any atom is -0.493 e. The number of benzene rings is 1. The number of nitrogens with one attached hydrogen (secondary N) is 1. The molecule has 1 aromatic heterocycles. The minimum atomic E-state index is 0.643. The highest BCUT2D eigenvalue weighted by atomic mass is 16.5. The number of para-hydroxylation sites is 1. The van der Waals surface area contributed by atoms with Crippen LogP contribution in [0, 0.1) is 0 Å². The van der Waals surface area contributed by atoms with E-state index < -0.39 is 0 Å². The summed E-state index contributed by atoms with van der Waals surface area (Å²) in [5.41, 5.74) is 3.12. The maximum absolute atomic E-state index is 5.72. The number of hydrogen-bond acceptors (Lipinski definition) is 4. The van der Waals surface area contributed by atoms with Crippen molar-refractivity contribution in [2.75, 3.05) is 19.0 Å². The van der Waals surface area contributed by atoms with Gasteiger partial charge < -0.3 is 10.1 Å². The molecule has 0 amide bonds. The van der Waals surface area contributed by atoms with Gasteiger partial charge in [-0.25, -0.2) is 9.97 Å². The number of ether oxygens (including phenoxy) is 1. The smallest absolute Gasteiger partial charge is 0.132 e. The first-order valence-corrected chi connectivity index (χ1v) is 7.05. The van der Waals surface area contributed by atoms with Crippen LogP contribution in [0.4, 0.5) is 5.82 Å². The monoisotopic (exact) mass is 271 g/mol. The van der Waals surface area contributed by atoms with Crippen LogP contribution in [0.3, 0.4) is 0 Å². The van der Waals surface area contributed by atoms with E-state index in [9.17, 15) is 0 Å². The van der Waals surface area contributed by atoms with Crippen molar-refractivity contribution in [2.45, 2.75) is 26.7 Å². The third kappa shape index (κ3) is 2.90. The Bertz CT molecular complexity index is 569. The Balaban J connectivity index is 2.57. The van der Waals surface area contributed by atoms with Crippen LogP contribution in [0.5, 0.6) is 5.75 Å². The number of anilines is 1. The average molecular weight is 271 g/mol. The summed E-state index contributed by atoms with van der Waals surface area (Å²) >= 11 is 0. The van der Waals surface area contributed by atoms with Crippen LogP contribution in [0.15, 0.2) is 30.6 Å². The topological polar surface area (TPSA) is 47.0 Å². The molecule has 0 unspecified atom stereocenters. The first-order chi connectivity index (χ1) is 9.81. The molecule has 0 fully saturated rings. The Morgan fingerprint density at radius 3 is 2.65 bits per heavy atom. The SMILES string of the molecule is CCCc1c(NC)ncnc1-c1ccccc1OCC. The lowest BCUT2D eigenvalue weighted by Crippen LogP contribution is -2.04.